The lowest BCUT2D eigenvalue weighted by molar-refractivity contribution is -0.384. The number of hydrogen-bond donors (Lipinski definition) is 0. The van der Waals surface area contributed by atoms with Crippen molar-refractivity contribution in [2.75, 3.05) is 6.61 Å². The van der Waals surface area contributed by atoms with E-state index < -0.39 is 10.9 Å². The molecule has 0 atom stereocenters. The van der Waals surface area contributed by atoms with Gasteiger partial charge in [-0.2, -0.15) is 0 Å². The average molecular weight is 237 g/mol. The second kappa shape index (κ2) is 5.74. The Bertz CT molecular complexity index is 438. The summed E-state index contributed by atoms with van der Waals surface area (Å²) in [6.07, 6.45) is 0.202. The largest absolute Gasteiger partial charge is 0.457 e. The first-order chi connectivity index (χ1) is 8.04. The molecule has 0 spiro atoms. The van der Waals surface area contributed by atoms with Crippen molar-refractivity contribution in [3.8, 4) is 0 Å². The number of rotatable bonds is 5. The molecule has 0 aliphatic heterocycles. The standard InChI is InChI=1S/C11H11NO5/c1-2-11(14)17-7-10(13)8-3-5-9(6-4-8)12(15)16/h3-6H,2,7H2,1H3. The zero-order chi connectivity index (χ0) is 12.8. The van der Waals surface area contributed by atoms with Gasteiger partial charge in [-0.3, -0.25) is 19.7 Å². The first-order valence-electron chi connectivity index (χ1n) is 4.98. The average Bonchev–Trinajstić information content (AvgIpc) is 2.35. The Morgan fingerprint density at radius 1 is 1.29 bits per heavy atom. The molecule has 17 heavy (non-hydrogen) atoms. The predicted octanol–water partition coefficient (Wildman–Crippen LogP) is 1.73. The van der Waals surface area contributed by atoms with Gasteiger partial charge in [0.1, 0.15) is 0 Å². The fourth-order valence-electron chi connectivity index (χ4n) is 1.10. The minimum Gasteiger partial charge on any atom is -0.457 e. The number of nitro groups is 1. The first kappa shape index (κ1) is 12.8. The number of non-ortho nitro benzene ring substituents is 1. The van der Waals surface area contributed by atoms with Crippen LogP contribution in [-0.4, -0.2) is 23.3 Å². The van der Waals surface area contributed by atoms with Crippen LogP contribution >= 0.6 is 0 Å². The molecular formula is C11H11NO5. The Labute approximate surface area is 97.3 Å². The van der Waals surface area contributed by atoms with E-state index in [1.165, 1.54) is 24.3 Å². The summed E-state index contributed by atoms with van der Waals surface area (Å²) in [6.45, 7) is 1.28. The Balaban J connectivity index is 2.64. The number of ketones is 1. The van der Waals surface area contributed by atoms with E-state index in [9.17, 15) is 19.7 Å². The third-order valence-electron chi connectivity index (χ3n) is 2.05. The van der Waals surface area contributed by atoms with Crippen molar-refractivity contribution in [1.29, 1.82) is 0 Å². The second-order valence-corrected chi connectivity index (χ2v) is 3.24. The Morgan fingerprint density at radius 2 is 1.88 bits per heavy atom. The number of nitrogens with zero attached hydrogens (tertiary/aromatic N) is 1. The summed E-state index contributed by atoms with van der Waals surface area (Å²) < 4.78 is 4.66. The van der Waals surface area contributed by atoms with Crippen LogP contribution in [0.4, 0.5) is 5.69 Å². The number of carbonyl (C=O) groups excluding carboxylic acids is 2. The summed E-state index contributed by atoms with van der Waals surface area (Å²) in [5, 5.41) is 10.4. The predicted molar refractivity (Wildman–Crippen MR) is 58.7 cm³/mol. The molecule has 0 amide bonds. The number of hydrogen-bond acceptors (Lipinski definition) is 5. The van der Waals surface area contributed by atoms with Gasteiger partial charge >= 0.3 is 5.97 Å². The van der Waals surface area contributed by atoms with Gasteiger partial charge in [0.25, 0.3) is 5.69 Å². The molecule has 0 unspecified atom stereocenters. The van der Waals surface area contributed by atoms with Gasteiger partial charge in [-0.1, -0.05) is 6.92 Å². The molecule has 6 heteroatoms. The molecule has 1 rings (SSSR count). The molecule has 1 aromatic rings. The monoisotopic (exact) mass is 237 g/mol. The molecule has 6 nitrogen and oxygen atoms in total. The highest BCUT2D eigenvalue weighted by molar-refractivity contribution is 5.98. The highest BCUT2D eigenvalue weighted by Crippen LogP contribution is 2.12. The minimum atomic E-state index is -0.550. The van der Waals surface area contributed by atoms with Crippen LogP contribution in [0.2, 0.25) is 0 Å². The molecule has 0 radical (unpaired) electrons. The lowest BCUT2D eigenvalue weighted by atomic mass is 10.1. The molecule has 0 aliphatic rings. The number of esters is 1. The maximum absolute atomic E-state index is 11.5. The summed E-state index contributed by atoms with van der Waals surface area (Å²) in [5.41, 5.74) is 0.187. The Morgan fingerprint density at radius 3 is 2.35 bits per heavy atom. The maximum atomic E-state index is 11.5. The SMILES string of the molecule is CCC(=O)OCC(=O)c1ccc([N+](=O)[O-])cc1. The Hall–Kier alpha value is -2.24. The number of ether oxygens (including phenoxy) is 1. The first-order valence-corrected chi connectivity index (χ1v) is 4.98. The molecule has 0 fully saturated rings. The van der Waals surface area contributed by atoms with Crippen LogP contribution in [0.3, 0.4) is 0 Å². The summed E-state index contributed by atoms with van der Waals surface area (Å²) in [6, 6.07) is 5.13. The van der Waals surface area contributed by atoms with E-state index >= 15 is 0 Å². The van der Waals surface area contributed by atoms with Crippen LogP contribution in [0.25, 0.3) is 0 Å². The van der Waals surface area contributed by atoms with Crippen LogP contribution < -0.4 is 0 Å². The molecule has 0 aromatic heterocycles. The van der Waals surface area contributed by atoms with Gasteiger partial charge in [-0.15, -0.1) is 0 Å². The van der Waals surface area contributed by atoms with Gasteiger partial charge in [0.05, 0.1) is 4.92 Å². The highest BCUT2D eigenvalue weighted by Gasteiger charge is 2.11. The highest BCUT2D eigenvalue weighted by atomic mass is 16.6. The van der Waals surface area contributed by atoms with E-state index in [0.717, 1.165) is 0 Å². The summed E-state index contributed by atoms with van der Waals surface area (Å²) in [7, 11) is 0. The van der Waals surface area contributed by atoms with Crippen LogP contribution in [0, 0.1) is 10.1 Å². The number of Topliss-reactive ketones (excluding diaryl/α,β-unsaturated/α-hetero) is 1. The lowest BCUT2D eigenvalue weighted by Crippen LogP contribution is -2.13. The smallest absolute Gasteiger partial charge is 0.305 e. The molecule has 90 valence electrons. The van der Waals surface area contributed by atoms with Crippen LogP contribution in [0.5, 0.6) is 0 Å². The van der Waals surface area contributed by atoms with E-state index in [4.69, 9.17) is 0 Å². The zero-order valence-corrected chi connectivity index (χ0v) is 9.21. The van der Waals surface area contributed by atoms with E-state index in [1.54, 1.807) is 6.92 Å². The number of carbonyl (C=O) groups is 2. The van der Waals surface area contributed by atoms with Gasteiger partial charge in [0, 0.05) is 24.1 Å². The molecule has 0 aliphatic carbocycles. The quantitative estimate of drug-likeness (QED) is 0.337. The van der Waals surface area contributed by atoms with Gasteiger partial charge in [0.15, 0.2) is 12.4 Å². The zero-order valence-electron chi connectivity index (χ0n) is 9.21. The van der Waals surface area contributed by atoms with Crippen molar-refractivity contribution in [3.63, 3.8) is 0 Å². The van der Waals surface area contributed by atoms with E-state index in [1.807, 2.05) is 0 Å². The third-order valence-corrected chi connectivity index (χ3v) is 2.05. The molecule has 0 bridgehead atoms. The number of benzene rings is 1. The van der Waals surface area contributed by atoms with E-state index in [-0.39, 0.29) is 30.1 Å². The van der Waals surface area contributed by atoms with Gasteiger partial charge < -0.3 is 4.74 Å². The van der Waals surface area contributed by atoms with Crippen LogP contribution in [0.15, 0.2) is 24.3 Å². The summed E-state index contributed by atoms with van der Waals surface area (Å²) in [4.78, 5) is 32.2. The van der Waals surface area contributed by atoms with E-state index in [0.29, 0.717) is 0 Å². The van der Waals surface area contributed by atoms with Gasteiger partial charge in [-0.25, -0.2) is 0 Å². The topological polar surface area (TPSA) is 86.5 Å². The fourth-order valence-corrected chi connectivity index (χ4v) is 1.10. The maximum Gasteiger partial charge on any atom is 0.305 e. The number of nitro benzene ring substituents is 1. The van der Waals surface area contributed by atoms with Crippen molar-refractivity contribution < 1.29 is 19.2 Å². The minimum absolute atomic E-state index is 0.0906. The van der Waals surface area contributed by atoms with Gasteiger partial charge in [-0.05, 0) is 12.1 Å². The summed E-state index contributed by atoms with van der Waals surface area (Å²) >= 11 is 0. The molecule has 0 saturated heterocycles. The lowest BCUT2D eigenvalue weighted by Gasteiger charge is -2.02. The van der Waals surface area contributed by atoms with Crippen LogP contribution in [0.1, 0.15) is 23.7 Å². The van der Waals surface area contributed by atoms with Crippen molar-refractivity contribution in [1.82, 2.24) is 0 Å². The molecule has 0 N–H and O–H groups in total. The molecular weight excluding hydrogens is 226 g/mol. The van der Waals surface area contributed by atoms with Gasteiger partial charge in [0.2, 0.25) is 0 Å². The van der Waals surface area contributed by atoms with Crippen LogP contribution in [-0.2, 0) is 9.53 Å². The fraction of sp³-hybridized carbons (Fsp3) is 0.273. The Kier molecular flexibility index (Phi) is 4.33. The van der Waals surface area contributed by atoms with Crippen molar-refractivity contribution in [2.45, 2.75) is 13.3 Å². The molecule has 1 aromatic carbocycles. The normalized spacial score (nSPS) is 9.71. The van der Waals surface area contributed by atoms with Crippen molar-refractivity contribution in [2.24, 2.45) is 0 Å². The second-order valence-electron chi connectivity index (χ2n) is 3.24. The summed E-state index contributed by atoms with van der Waals surface area (Å²) in [5.74, 6) is -0.845. The third kappa shape index (κ3) is 3.67. The molecule has 0 heterocycles. The van der Waals surface area contributed by atoms with E-state index in [2.05, 4.69) is 4.74 Å². The molecule has 0 saturated carbocycles. The van der Waals surface area contributed by atoms with Crippen molar-refractivity contribution in [3.05, 3.63) is 39.9 Å². The van der Waals surface area contributed by atoms with Crippen molar-refractivity contribution >= 4 is 17.4 Å².